The summed E-state index contributed by atoms with van der Waals surface area (Å²) in [4.78, 5) is 0. The number of nitrogens with one attached hydrogen (secondary N) is 1. The zero-order chi connectivity index (χ0) is 11.4. The summed E-state index contributed by atoms with van der Waals surface area (Å²) in [7, 11) is 0. The van der Waals surface area contributed by atoms with Crippen molar-refractivity contribution in [2.75, 3.05) is 0 Å². The van der Waals surface area contributed by atoms with Crippen LogP contribution in [-0.2, 0) is 0 Å². The largest absolute Gasteiger partial charge is 0.271 e. The molecule has 0 aliphatic heterocycles. The van der Waals surface area contributed by atoms with Gasteiger partial charge in [-0.3, -0.25) is 5.84 Å². The number of aromatic nitrogens is 2. The van der Waals surface area contributed by atoms with Crippen molar-refractivity contribution in [3.05, 3.63) is 59.7 Å². The minimum absolute atomic E-state index is 0.303. The second kappa shape index (κ2) is 4.78. The third-order valence-electron chi connectivity index (χ3n) is 2.32. The minimum atomic E-state index is -0.420. The normalized spacial score (nSPS) is 12.4. The van der Waals surface area contributed by atoms with Crippen molar-refractivity contribution in [3.8, 4) is 0 Å². The molecule has 16 heavy (non-hydrogen) atoms. The van der Waals surface area contributed by atoms with Gasteiger partial charge in [-0.05, 0) is 17.7 Å². The molecule has 0 spiro atoms. The molecule has 0 amide bonds. The van der Waals surface area contributed by atoms with E-state index in [1.165, 1.54) is 6.07 Å². The molecular formula is C11H11FN4. The van der Waals surface area contributed by atoms with E-state index in [2.05, 4.69) is 15.6 Å². The highest BCUT2D eigenvalue weighted by Gasteiger charge is 2.15. The van der Waals surface area contributed by atoms with E-state index in [0.717, 1.165) is 5.56 Å². The number of hydrogen-bond acceptors (Lipinski definition) is 4. The van der Waals surface area contributed by atoms with Gasteiger partial charge in [-0.25, -0.2) is 9.82 Å². The lowest BCUT2D eigenvalue weighted by Crippen LogP contribution is -2.29. The fourth-order valence-corrected chi connectivity index (χ4v) is 1.55. The number of hydrazine groups is 1. The van der Waals surface area contributed by atoms with E-state index in [1.807, 2.05) is 0 Å². The van der Waals surface area contributed by atoms with Gasteiger partial charge in [-0.2, -0.15) is 10.2 Å². The summed E-state index contributed by atoms with van der Waals surface area (Å²) in [6.45, 7) is 0. The first-order valence-corrected chi connectivity index (χ1v) is 4.80. The quantitative estimate of drug-likeness (QED) is 0.599. The minimum Gasteiger partial charge on any atom is -0.271 e. The van der Waals surface area contributed by atoms with Gasteiger partial charge in [0.1, 0.15) is 5.82 Å². The zero-order valence-electron chi connectivity index (χ0n) is 8.47. The average molecular weight is 218 g/mol. The SMILES string of the molecule is NNC(c1ccnnc1)c1ccccc1F. The molecule has 1 heterocycles. The molecule has 2 rings (SSSR count). The van der Waals surface area contributed by atoms with Crippen LogP contribution in [0.5, 0.6) is 0 Å². The molecule has 1 unspecified atom stereocenters. The van der Waals surface area contributed by atoms with Crippen LogP contribution in [0.4, 0.5) is 4.39 Å². The molecule has 1 aromatic carbocycles. The number of nitrogens with two attached hydrogens (primary N) is 1. The third-order valence-corrected chi connectivity index (χ3v) is 2.32. The van der Waals surface area contributed by atoms with E-state index in [0.29, 0.717) is 5.56 Å². The summed E-state index contributed by atoms with van der Waals surface area (Å²) in [6.07, 6.45) is 3.09. The molecule has 0 aliphatic carbocycles. The number of benzene rings is 1. The van der Waals surface area contributed by atoms with Crippen molar-refractivity contribution in [1.29, 1.82) is 0 Å². The fraction of sp³-hybridized carbons (Fsp3) is 0.0909. The van der Waals surface area contributed by atoms with Gasteiger partial charge >= 0.3 is 0 Å². The van der Waals surface area contributed by atoms with Crippen LogP contribution in [0, 0.1) is 5.82 Å². The molecule has 0 aliphatic rings. The van der Waals surface area contributed by atoms with Crippen molar-refractivity contribution >= 4 is 0 Å². The van der Waals surface area contributed by atoms with Crippen molar-refractivity contribution < 1.29 is 4.39 Å². The standard InChI is InChI=1S/C11H11FN4/c12-10-4-2-1-3-9(10)11(16-13)8-5-6-14-15-7-8/h1-7,11,16H,13H2. The number of rotatable bonds is 3. The monoisotopic (exact) mass is 218 g/mol. The van der Waals surface area contributed by atoms with Gasteiger partial charge in [-0.15, -0.1) is 0 Å². The second-order valence-corrected chi connectivity index (χ2v) is 3.30. The maximum absolute atomic E-state index is 13.6. The smallest absolute Gasteiger partial charge is 0.128 e. The van der Waals surface area contributed by atoms with Gasteiger partial charge < -0.3 is 0 Å². The first-order valence-electron chi connectivity index (χ1n) is 4.80. The summed E-state index contributed by atoms with van der Waals surface area (Å²) in [5.41, 5.74) is 3.82. The summed E-state index contributed by atoms with van der Waals surface area (Å²) in [6, 6.07) is 7.80. The van der Waals surface area contributed by atoms with Crippen LogP contribution in [0.3, 0.4) is 0 Å². The summed E-state index contributed by atoms with van der Waals surface area (Å²) >= 11 is 0. The molecule has 3 N–H and O–H groups in total. The second-order valence-electron chi connectivity index (χ2n) is 3.30. The van der Waals surface area contributed by atoms with Crippen LogP contribution in [0.1, 0.15) is 17.2 Å². The molecule has 0 saturated carbocycles. The molecule has 0 saturated heterocycles. The topological polar surface area (TPSA) is 63.8 Å². The van der Waals surface area contributed by atoms with Crippen molar-refractivity contribution in [2.45, 2.75) is 6.04 Å². The van der Waals surface area contributed by atoms with E-state index in [4.69, 9.17) is 5.84 Å². The Kier molecular flexibility index (Phi) is 3.19. The summed E-state index contributed by atoms with van der Waals surface area (Å²) in [5, 5.41) is 7.41. The Hall–Kier alpha value is -1.85. The molecule has 2 aromatic rings. The molecule has 5 heteroatoms. The predicted octanol–water partition coefficient (Wildman–Crippen LogP) is 1.17. The highest BCUT2D eigenvalue weighted by Crippen LogP contribution is 2.22. The van der Waals surface area contributed by atoms with Gasteiger partial charge in [0.15, 0.2) is 0 Å². The Morgan fingerprint density at radius 3 is 2.62 bits per heavy atom. The Labute approximate surface area is 92.3 Å². The van der Waals surface area contributed by atoms with Gasteiger partial charge in [-0.1, -0.05) is 18.2 Å². The van der Waals surface area contributed by atoms with Crippen LogP contribution in [0.15, 0.2) is 42.7 Å². The Balaban J connectivity index is 2.41. The van der Waals surface area contributed by atoms with E-state index in [-0.39, 0.29) is 5.82 Å². The first-order chi connectivity index (χ1) is 7.83. The van der Waals surface area contributed by atoms with Crippen molar-refractivity contribution in [2.24, 2.45) is 5.84 Å². The maximum Gasteiger partial charge on any atom is 0.128 e. The highest BCUT2D eigenvalue weighted by molar-refractivity contribution is 5.30. The Morgan fingerprint density at radius 2 is 2.00 bits per heavy atom. The molecule has 1 aromatic heterocycles. The predicted molar refractivity (Wildman–Crippen MR) is 57.6 cm³/mol. The van der Waals surface area contributed by atoms with Crippen LogP contribution in [0.2, 0.25) is 0 Å². The van der Waals surface area contributed by atoms with Crippen LogP contribution in [0.25, 0.3) is 0 Å². The van der Waals surface area contributed by atoms with Crippen LogP contribution in [-0.4, -0.2) is 10.2 Å². The highest BCUT2D eigenvalue weighted by atomic mass is 19.1. The number of nitrogens with zero attached hydrogens (tertiary/aromatic N) is 2. The maximum atomic E-state index is 13.6. The van der Waals surface area contributed by atoms with Crippen LogP contribution < -0.4 is 11.3 Å². The Bertz CT molecular complexity index is 461. The third kappa shape index (κ3) is 2.05. The van der Waals surface area contributed by atoms with E-state index < -0.39 is 6.04 Å². The van der Waals surface area contributed by atoms with Gasteiger partial charge in [0.05, 0.1) is 12.2 Å². The molecule has 0 fully saturated rings. The average Bonchev–Trinajstić information content (AvgIpc) is 2.34. The molecular weight excluding hydrogens is 207 g/mol. The lowest BCUT2D eigenvalue weighted by Gasteiger charge is -2.16. The lowest BCUT2D eigenvalue weighted by molar-refractivity contribution is 0.558. The molecule has 4 nitrogen and oxygen atoms in total. The van der Waals surface area contributed by atoms with Crippen molar-refractivity contribution in [1.82, 2.24) is 15.6 Å². The van der Waals surface area contributed by atoms with Crippen LogP contribution >= 0.6 is 0 Å². The number of halogens is 1. The molecule has 1 atom stereocenters. The number of hydrogen-bond donors (Lipinski definition) is 2. The molecule has 0 bridgehead atoms. The molecule has 0 radical (unpaired) electrons. The van der Waals surface area contributed by atoms with Crippen molar-refractivity contribution in [3.63, 3.8) is 0 Å². The summed E-state index contributed by atoms with van der Waals surface area (Å²) in [5.74, 6) is 5.14. The zero-order valence-corrected chi connectivity index (χ0v) is 8.47. The Morgan fingerprint density at radius 1 is 1.19 bits per heavy atom. The van der Waals surface area contributed by atoms with E-state index in [1.54, 1.807) is 36.7 Å². The first kappa shape index (κ1) is 10.7. The van der Waals surface area contributed by atoms with Gasteiger partial charge in [0.25, 0.3) is 0 Å². The van der Waals surface area contributed by atoms with Gasteiger partial charge in [0, 0.05) is 11.8 Å². The van der Waals surface area contributed by atoms with E-state index in [9.17, 15) is 4.39 Å². The summed E-state index contributed by atoms with van der Waals surface area (Å²) < 4.78 is 13.6. The van der Waals surface area contributed by atoms with Gasteiger partial charge in [0.2, 0.25) is 0 Å². The molecule has 82 valence electrons. The fourth-order valence-electron chi connectivity index (χ4n) is 1.55. The lowest BCUT2D eigenvalue weighted by atomic mass is 10.0. The van der Waals surface area contributed by atoms with E-state index >= 15 is 0 Å².